The number of ketones is 1. The lowest BCUT2D eigenvalue weighted by Crippen LogP contribution is -2.30. The second kappa shape index (κ2) is 8.80. The van der Waals surface area contributed by atoms with Crippen LogP contribution in [0.4, 0.5) is 5.69 Å². The van der Waals surface area contributed by atoms with Crippen LogP contribution in [0.2, 0.25) is 0 Å². The number of methoxy groups -OCH3 is 1. The van der Waals surface area contributed by atoms with Crippen molar-refractivity contribution in [3.05, 3.63) is 70.7 Å². The number of carbonyl (C=O) groups excluding carboxylic acids is 2. The van der Waals surface area contributed by atoms with Crippen LogP contribution in [0, 0.1) is 0 Å². The van der Waals surface area contributed by atoms with E-state index in [1.165, 1.54) is 28.7 Å². The van der Waals surface area contributed by atoms with Crippen molar-refractivity contribution in [3.8, 4) is 5.75 Å². The maximum absolute atomic E-state index is 12.7. The number of hydrogen-bond acceptors (Lipinski definition) is 6. The van der Waals surface area contributed by atoms with Gasteiger partial charge < -0.3 is 9.64 Å². The largest absolute Gasteiger partial charge is 0.497 e. The Hall–Kier alpha value is -2.64. The summed E-state index contributed by atoms with van der Waals surface area (Å²) in [5, 5.41) is 1.90. The van der Waals surface area contributed by atoms with E-state index in [9.17, 15) is 9.59 Å². The van der Waals surface area contributed by atoms with Crippen LogP contribution in [0.3, 0.4) is 0 Å². The van der Waals surface area contributed by atoms with Gasteiger partial charge in [-0.1, -0.05) is 30.0 Å². The number of thiazole rings is 1. The highest BCUT2D eigenvalue weighted by atomic mass is 32.2. The smallest absolute Gasteiger partial charge is 0.233 e. The highest BCUT2D eigenvalue weighted by molar-refractivity contribution is 8.01. The van der Waals surface area contributed by atoms with Crippen LogP contribution in [0.1, 0.15) is 21.6 Å². The average Bonchev–Trinajstić information content (AvgIpc) is 3.39. The molecule has 0 aliphatic carbocycles. The number of para-hydroxylation sites is 1. The number of Topliss-reactive ketones (excluding diaryl/α,β-unsaturated/α-hetero) is 1. The molecule has 3 aromatic rings. The number of thioether (sulfide) groups is 1. The Labute approximate surface area is 177 Å². The molecular weight excluding hydrogens is 404 g/mol. The molecule has 0 fully saturated rings. The van der Waals surface area contributed by atoms with Gasteiger partial charge in [0, 0.05) is 23.2 Å². The lowest BCUT2D eigenvalue weighted by atomic mass is 10.1. The van der Waals surface area contributed by atoms with Gasteiger partial charge in [0.2, 0.25) is 5.91 Å². The molecule has 29 heavy (non-hydrogen) atoms. The number of amides is 1. The van der Waals surface area contributed by atoms with E-state index >= 15 is 0 Å². The molecule has 1 amide bonds. The number of benzene rings is 2. The summed E-state index contributed by atoms with van der Waals surface area (Å²) in [6, 6.07) is 15.1. The van der Waals surface area contributed by atoms with E-state index in [2.05, 4.69) is 11.1 Å². The molecule has 4 rings (SSSR count). The standard InChI is InChI=1S/C22H20N2O3S2/c1-27-18-8-6-16(7-9-18)20(25)14-29-22-23-17(13-28-22)12-21(26)24-11-10-15-4-2-3-5-19(15)24/h2-9,13H,10-12,14H2,1H3. The predicted molar refractivity (Wildman–Crippen MR) is 116 cm³/mol. The Morgan fingerprint density at radius 2 is 1.97 bits per heavy atom. The average molecular weight is 425 g/mol. The zero-order chi connectivity index (χ0) is 20.2. The number of nitrogens with zero attached hydrogens (tertiary/aromatic N) is 2. The number of fused-ring (bicyclic) bond motifs is 1. The van der Waals surface area contributed by atoms with Crippen molar-refractivity contribution in [2.24, 2.45) is 0 Å². The van der Waals surface area contributed by atoms with E-state index in [-0.39, 0.29) is 18.1 Å². The number of rotatable bonds is 7. The minimum atomic E-state index is 0.0409. The second-order valence-corrected chi connectivity index (χ2v) is 8.73. The topological polar surface area (TPSA) is 59.5 Å². The fourth-order valence-electron chi connectivity index (χ4n) is 3.27. The molecule has 7 heteroatoms. The van der Waals surface area contributed by atoms with Crippen molar-refractivity contribution in [2.45, 2.75) is 17.2 Å². The Balaban J connectivity index is 1.33. The fraction of sp³-hybridized carbons (Fsp3) is 0.227. The summed E-state index contributed by atoms with van der Waals surface area (Å²) in [6.45, 7) is 0.723. The molecular formula is C22H20N2O3S2. The molecule has 0 atom stereocenters. The quantitative estimate of drug-likeness (QED) is 0.419. The van der Waals surface area contributed by atoms with Crippen molar-refractivity contribution in [3.63, 3.8) is 0 Å². The first-order chi connectivity index (χ1) is 14.1. The van der Waals surface area contributed by atoms with Crippen molar-refractivity contribution in [1.82, 2.24) is 4.98 Å². The molecule has 1 aliphatic heterocycles. The first-order valence-electron chi connectivity index (χ1n) is 9.27. The van der Waals surface area contributed by atoms with Crippen molar-refractivity contribution >= 4 is 40.5 Å². The Morgan fingerprint density at radius 1 is 1.17 bits per heavy atom. The molecule has 148 valence electrons. The van der Waals surface area contributed by atoms with Gasteiger partial charge in [-0.25, -0.2) is 4.98 Å². The van der Waals surface area contributed by atoms with E-state index in [0.29, 0.717) is 11.3 Å². The fourth-order valence-corrected chi connectivity index (χ4v) is 5.01. The van der Waals surface area contributed by atoms with Crippen LogP contribution >= 0.6 is 23.1 Å². The van der Waals surface area contributed by atoms with Gasteiger partial charge in [0.1, 0.15) is 5.75 Å². The number of carbonyl (C=O) groups is 2. The normalized spacial score (nSPS) is 12.7. The number of ether oxygens (including phenoxy) is 1. The third kappa shape index (κ3) is 4.52. The first-order valence-corrected chi connectivity index (χ1v) is 11.1. The Bertz CT molecular complexity index is 1030. The second-order valence-electron chi connectivity index (χ2n) is 6.65. The third-order valence-corrected chi connectivity index (χ3v) is 6.86. The van der Waals surface area contributed by atoms with Gasteiger partial charge in [-0.3, -0.25) is 9.59 Å². The van der Waals surface area contributed by atoms with Crippen LogP contribution in [-0.2, 0) is 17.6 Å². The lowest BCUT2D eigenvalue weighted by molar-refractivity contribution is -0.117. The molecule has 0 saturated heterocycles. The van der Waals surface area contributed by atoms with Crippen LogP contribution in [0.15, 0.2) is 58.3 Å². The van der Waals surface area contributed by atoms with E-state index in [4.69, 9.17) is 4.74 Å². The monoisotopic (exact) mass is 424 g/mol. The molecule has 5 nitrogen and oxygen atoms in total. The number of anilines is 1. The van der Waals surface area contributed by atoms with Gasteiger partial charge >= 0.3 is 0 Å². The lowest BCUT2D eigenvalue weighted by Gasteiger charge is -2.16. The molecule has 2 heterocycles. The highest BCUT2D eigenvalue weighted by Gasteiger charge is 2.24. The van der Waals surface area contributed by atoms with Gasteiger partial charge in [0.05, 0.1) is 25.0 Å². The summed E-state index contributed by atoms with van der Waals surface area (Å²) in [7, 11) is 1.60. The van der Waals surface area contributed by atoms with Crippen molar-refractivity contribution in [2.75, 3.05) is 24.3 Å². The third-order valence-electron chi connectivity index (χ3n) is 4.79. The molecule has 0 saturated carbocycles. The summed E-state index contributed by atoms with van der Waals surface area (Å²) in [5.41, 5.74) is 3.63. The molecule has 0 radical (unpaired) electrons. The van der Waals surface area contributed by atoms with E-state index < -0.39 is 0 Å². The summed E-state index contributed by atoms with van der Waals surface area (Å²) < 4.78 is 5.92. The predicted octanol–water partition coefficient (Wildman–Crippen LogP) is 4.26. The van der Waals surface area contributed by atoms with Crippen LogP contribution in [-0.4, -0.2) is 36.1 Å². The van der Waals surface area contributed by atoms with E-state index in [0.717, 1.165) is 34.4 Å². The van der Waals surface area contributed by atoms with Gasteiger partial charge in [0.15, 0.2) is 10.1 Å². The van der Waals surface area contributed by atoms with Gasteiger partial charge in [0.25, 0.3) is 0 Å². The molecule has 1 aliphatic rings. The summed E-state index contributed by atoms with van der Waals surface area (Å²) in [5.74, 6) is 1.14. The van der Waals surface area contributed by atoms with Crippen LogP contribution in [0.5, 0.6) is 5.75 Å². The molecule has 0 bridgehead atoms. The summed E-state index contributed by atoms with van der Waals surface area (Å²) >= 11 is 2.88. The molecule has 0 unspecified atom stereocenters. The summed E-state index contributed by atoms with van der Waals surface area (Å²) in [6.07, 6.45) is 1.17. The molecule has 0 N–H and O–H groups in total. The van der Waals surface area contributed by atoms with Crippen molar-refractivity contribution < 1.29 is 14.3 Å². The SMILES string of the molecule is COc1ccc(C(=O)CSc2nc(CC(=O)N3CCc4ccccc43)cs2)cc1. The first kappa shape index (κ1) is 19.7. The Kier molecular flexibility index (Phi) is 5.97. The van der Waals surface area contributed by atoms with Gasteiger partial charge in [-0.15, -0.1) is 11.3 Å². The highest BCUT2D eigenvalue weighted by Crippen LogP contribution is 2.29. The minimum Gasteiger partial charge on any atom is -0.497 e. The van der Waals surface area contributed by atoms with Crippen molar-refractivity contribution in [1.29, 1.82) is 0 Å². The summed E-state index contributed by atoms with van der Waals surface area (Å²) in [4.78, 5) is 31.4. The van der Waals surface area contributed by atoms with Crippen LogP contribution in [0.25, 0.3) is 0 Å². The number of hydrogen-bond donors (Lipinski definition) is 0. The zero-order valence-corrected chi connectivity index (χ0v) is 17.6. The molecule has 1 aromatic heterocycles. The van der Waals surface area contributed by atoms with Crippen LogP contribution < -0.4 is 9.64 Å². The maximum Gasteiger partial charge on any atom is 0.233 e. The van der Waals surface area contributed by atoms with E-state index in [1.54, 1.807) is 31.4 Å². The minimum absolute atomic E-state index is 0.0409. The molecule has 0 spiro atoms. The van der Waals surface area contributed by atoms with E-state index in [1.807, 2.05) is 28.5 Å². The molecule has 2 aromatic carbocycles. The van der Waals surface area contributed by atoms with Gasteiger partial charge in [-0.2, -0.15) is 0 Å². The zero-order valence-electron chi connectivity index (χ0n) is 16.0. The maximum atomic E-state index is 12.7. The number of aromatic nitrogens is 1. The van der Waals surface area contributed by atoms with Gasteiger partial charge in [-0.05, 0) is 42.3 Å². The Morgan fingerprint density at radius 3 is 2.76 bits per heavy atom.